The van der Waals surface area contributed by atoms with Gasteiger partial charge in [-0.2, -0.15) is 17.6 Å². The Kier molecular flexibility index (Phi) is 8.78. The second-order valence-electron chi connectivity index (χ2n) is 9.42. The van der Waals surface area contributed by atoms with Gasteiger partial charge in [0.2, 0.25) is 0 Å². The molecule has 0 bridgehead atoms. The molecule has 1 unspecified atom stereocenters. The first kappa shape index (κ1) is 28.8. The molecular weight excluding hydrogens is 590 g/mol. The number of urea groups is 1. The summed E-state index contributed by atoms with van der Waals surface area (Å²) < 4.78 is 86.6. The fourth-order valence-electron chi connectivity index (χ4n) is 4.78. The van der Waals surface area contributed by atoms with Crippen LogP contribution < -0.4 is 15.4 Å². The molecule has 4 rings (SSSR count). The Hall–Kier alpha value is -3.21. The van der Waals surface area contributed by atoms with Gasteiger partial charge in [0, 0.05) is 18.5 Å². The summed E-state index contributed by atoms with van der Waals surface area (Å²) in [5.74, 6) is -2.54. The quantitative estimate of drug-likeness (QED) is 0.243. The van der Waals surface area contributed by atoms with Gasteiger partial charge in [-0.1, -0.05) is 49.2 Å². The molecule has 1 aliphatic rings. The summed E-state index contributed by atoms with van der Waals surface area (Å²) in [6, 6.07) is 14.4. The number of halogens is 7. The molecule has 1 aliphatic carbocycles. The standard InChI is InChI=1S/C28H25BrF6N2O2/c29-23-14-18(10-11-24(23)31)27(16-17-6-2-1-3-7-17,37-26(38)36-21-8-4-5-9-21)19-12-20(30)15-22(13-19)39-28(34,35)25(32)33/h1-3,6-7,10-15,21,25H,4-5,8-9,16H2,(H2,36,37,38). The van der Waals surface area contributed by atoms with Crippen LogP contribution >= 0.6 is 15.9 Å². The third-order valence-electron chi connectivity index (χ3n) is 6.61. The SMILES string of the molecule is O=C(NC1CCCC1)NC(Cc1ccccc1)(c1cc(F)cc(OC(F)(F)C(F)F)c1)c1ccc(F)c(Br)c1. The molecule has 0 heterocycles. The molecule has 11 heteroatoms. The van der Waals surface area contributed by atoms with Crippen LogP contribution in [0, 0.1) is 11.6 Å². The molecule has 0 radical (unpaired) electrons. The highest BCUT2D eigenvalue weighted by atomic mass is 79.9. The third-order valence-corrected chi connectivity index (χ3v) is 7.22. The monoisotopic (exact) mass is 614 g/mol. The van der Waals surface area contributed by atoms with E-state index in [0.717, 1.165) is 43.9 Å². The van der Waals surface area contributed by atoms with Crippen molar-refractivity contribution < 1.29 is 35.9 Å². The van der Waals surface area contributed by atoms with Gasteiger partial charge in [-0.3, -0.25) is 0 Å². The number of carbonyl (C=O) groups is 1. The van der Waals surface area contributed by atoms with Crippen LogP contribution in [0.4, 0.5) is 31.1 Å². The van der Waals surface area contributed by atoms with E-state index in [9.17, 15) is 31.1 Å². The fraction of sp³-hybridized carbons (Fsp3) is 0.321. The molecule has 2 N–H and O–H groups in total. The van der Waals surface area contributed by atoms with Gasteiger partial charge >= 0.3 is 18.6 Å². The van der Waals surface area contributed by atoms with Crippen LogP contribution in [-0.2, 0) is 12.0 Å². The van der Waals surface area contributed by atoms with E-state index in [-0.39, 0.29) is 28.1 Å². The van der Waals surface area contributed by atoms with Crippen LogP contribution in [0.3, 0.4) is 0 Å². The molecule has 4 nitrogen and oxygen atoms in total. The van der Waals surface area contributed by atoms with Crippen molar-refractivity contribution in [2.45, 2.75) is 56.2 Å². The molecule has 39 heavy (non-hydrogen) atoms. The van der Waals surface area contributed by atoms with E-state index in [1.54, 1.807) is 30.3 Å². The Labute approximate surface area is 229 Å². The predicted octanol–water partition coefficient (Wildman–Crippen LogP) is 7.69. The second kappa shape index (κ2) is 11.9. The topological polar surface area (TPSA) is 50.4 Å². The summed E-state index contributed by atoms with van der Waals surface area (Å²) >= 11 is 3.13. The number of hydrogen-bond donors (Lipinski definition) is 2. The average Bonchev–Trinajstić information content (AvgIpc) is 3.38. The van der Waals surface area contributed by atoms with Crippen LogP contribution in [0.1, 0.15) is 42.4 Å². The first-order valence-electron chi connectivity index (χ1n) is 12.2. The van der Waals surface area contributed by atoms with Crippen molar-refractivity contribution >= 4 is 22.0 Å². The van der Waals surface area contributed by atoms with E-state index < -0.39 is 41.5 Å². The van der Waals surface area contributed by atoms with E-state index in [1.165, 1.54) is 12.1 Å². The zero-order valence-electron chi connectivity index (χ0n) is 20.5. The Morgan fingerprint density at radius 3 is 2.31 bits per heavy atom. The molecule has 1 saturated carbocycles. The van der Waals surface area contributed by atoms with Crippen molar-refractivity contribution in [1.29, 1.82) is 0 Å². The van der Waals surface area contributed by atoms with Gasteiger partial charge in [-0.15, -0.1) is 0 Å². The minimum atomic E-state index is -4.89. The number of ether oxygens (including phenoxy) is 1. The van der Waals surface area contributed by atoms with Crippen LogP contribution in [0.5, 0.6) is 5.75 Å². The Morgan fingerprint density at radius 2 is 1.67 bits per heavy atom. The number of carbonyl (C=O) groups excluding carboxylic acids is 1. The maximum atomic E-state index is 14.9. The lowest BCUT2D eigenvalue weighted by molar-refractivity contribution is -0.253. The third kappa shape index (κ3) is 6.87. The molecule has 0 spiro atoms. The molecule has 0 aliphatic heterocycles. The second-order valence-corrected chi connectivity index (χ2v) is 10.3. The molecule has 0 saturated heterocycles. The summed E-state index contributed by atoms with van der Waals surface area (Å²) in [4.78, 5) is 13.3. The number of hydrogen-bond acceptors (Lipinski definition) is 2. The zero-order valence-corrected chi connectivity index (χ0v) is 22.1. The van der Waals surface area contributed by atoms with E-state index in [1.807, 2.05) is 0 Å². The lowest BCUT2D eigenvalue weighted by Gasteiger charge is -2.37. The van der Waals surface area contributed by atoms with E-state index in [0.29, 0.717) is 11.6 Å². The molecule has 208 valence electrons. The molecule has 3 aromatic carbocycles. The number of benzene rings is 3. The summed E-state index contributed by atoms with van der Waals surface area (Å²) in [5.41, 5.74) is -0.811. The van der Waals surface area contributed by atoms with Gasteiger partial charge in [0.05, 0.1) is 10.0 Å². The van der Waals surface area contributed by atoms with Gasteiger partial charge in [0.1, 0.15) is 17.4 Å². The minimum Gasteiger partial charge on any atom is -0.428 e. The number of rotatable bonds is 9. The van der Waals surface area contributed by atoms with Gasteiger partial charge in [0.15, 0.2) is 0 Å². The van der Waals surface area contributed by atoms with Crippen molar-refractivity contribution in [3.8, 4) is 5.75 Å². The maximum Gasteiger partial charge on any atom is 0.461 e. The van der Waals surface area contributed by atoms with Gasteiger partial charge in [-0.25, -0.2) is 13.6 Å². The lowest BCUT2D eigenvalue weighted by atomic mass is 9.77. The van der Waals surface area contributed by atoms with Crippen molar-refractivity contribution in [1.82, 2.24) is 10.6 Å². The summed E-state index contributed by atoms with van der Waals surface area (Å²) in [6.07, 6.45) is -5.68. The molecule has 1 fully saturated rings. The first-order valence-corrected chi connectivity index (χ1v) is 13.0. The Balaban J connectivity index is 1.89. The Bertz CT molecular complexity index is 1300. The van der Waals surface area contributed by atoms with Crippen molar-refractivity contribution in [3.63, 3.8) is 0 Å². The van der Waals surface area contributed by atoms with E-state index in [4.69, 9.17) is 0 Å². The number of nitrogens with one attached hydrogen (secondary N) is 2. The van der Waals surface area contributed by atoms with Crippen LogP contribution in [0.15, 0.2) is 71.2 Å². The predicted molar refractivity (Wildman–Crippen MR) is 137 cm³/mol. The zero-order chi connectivity index (χ0) is 28.2. The van der Waals surface area contributed by atoms with Gasteiger partial charge in [-0.05, 0) is 69.7 Å². The van der Waals surface area contributed by atoms with Gasteiger partial charge in [0.25, 0.3) is 0 Å². The van der Waals surface area contributed by atoms with Crippen LogP contribution in [-0.4, -0.2) is 24.6 Å². The van der Waals surface area contributed by atoms with Crippen LogP contribution in [0.2, 0.25) is 0 Å². The smallest absolute Gasteiger partial charge is 0.428 e. The van der Waals surface area contributed by atoms with E-state index in [2.05, 4.69) is 31.3 Å². The molecule has 1 atom stereocenters. The van der Waals surface area contributed by atoms with Gasteiger partial charge < -0.3 is 15.4 Å². The number of amides is 2. The highest BCUT2D eigenvalue weighted by Gasteiger charge is 2.45. The molecule has 0 aromatic heterocycles. The highest BCUT2D eigenvalue weighted by molar-refractivity contribution is 9.10. The number of alkyl halides is 4. The Morgan fingerprint density at radius 1 is 0.974 bits per heavy atom. The minimum absolute atomic E-state index is 0.0296. The van der Waals surface area contributed by atoms with E-state index >= 15 is 0 Å². The van der Waals surface area contributed by atoms with Crippen molar-refractivity contribution in [2.24, 2.45) is 0 Å². The lowest BCUT2D eigenvalue weighted by Crippen LogP contribution is -2.53. The van der Waals surface area contributed by atoms with Crippen molar-refractivity contribution in [3.05, 3.63) is 99.5 Å². The van der Waals surface area contributed by atoms with Crippen LogP contribution in [0.25, 0.3) is 0 Å². The van der Waals surface area contributed by atoms with Crippen molar-refractivity contribution in [2.75, 3.05) is 0 Å². The summed E-state index contributed by atoms with van der Waals surface area (Å²) in [7, 11) is 0. The highest BCUT2D eigenvalue weighted by Crippen LogP contribution is 2.39. The summed E-state index contributed by atoms with van der Waals surface area (Å²) in [6.45, 7) is 0. The fourth-order valence-corrected chi connectivity index (χ4v) is 5.16. The molecule has 3 aromatic rings. The molecule has 2 amide bonds. The average molecular weight is 615 g/mol. The molecular formula is C28H25BrF6N2O2. The summed E-state index contributed by atoms with van der Waals surface area (Å²) in [5, 5.41) is 5.76. The maximum absolute atomic E-state index is 14.9. The normalized spacial score (nSPS) is 15.7. The largest absolute Gasteiger partial charge is 0.461 e. The first-order chi connectivity index (χ1) is 18.5.